The molecule has 0 saturated carbocycles. The number of aryl methyl sites for hydroxylation is 1. The van der Waals surface area contributed by atoms with Gasteiger partial charge in [0.1, 0.15) is 5.82 Å². The van der Waals surface area contributed by atoms with Gasteiger partial charge < -0.3 is 10.1 Å². The molecule has 0 saturated heterocycles. The second-order valence-corrected chi connectivity index (χ2v) is 4.65. The Morgan fingerprint density at radius 2 is 1.77 bits per heavy atom. The van der Waals surface area contributed by atoms with Crippen LogP contribution < -0.4 is 5.32 Å². The number of amides is 1. The number of ether oxygens (including phenoxy) is 1. The number of carbonyl (C=O) groups excluding carboxylic acids is 2. The molecule has 0 radical (unpaired) electrons. The van der Waals surface area contributed by atoms with E-state index in [1.807, 2.05) is 19.1 Å². The monoisotopic (exact) mass is 301 g/mol. The SMILES string of the molecule is CCc1ccc(C(=O)OCC(=O)Nc2ccccc2F)cc1. The molecule has 2 aromatic carbocycles. The first-order chi connectivity index (χ1) is 10.6. The molecule has 5 heteroatoms. The van der Waals surface area contributed by atoms with E-state index in [1.165, 1.54) is 18.2 Å². The predicted molar refractivity (Wildman–Crippen MR) is 81.1 cm³/mol. The van der Waals surface area contributed by atoms with Gasteiger partial charge in [0, 0.05) is 0 Å². The van der Waals surface area contributed by atoms with Crippen LogP contribution in [0.25, 0.3) is 0 Å². The minimum Gasteiger partial charge on any atom is -0.452 e. The van der Waals surface area contributed by atoms with Gasteiger partial charge in [0.05, 0.1) is 11.3 Å². The van der Waals surface area contributed by atoms with Gasteiger partial charge in [0.2, 0.25) is 0 Å². The zero-order valence-electron chi connectivity index (χ0n) is 12.1. The van der Waals surface area contributed by atoms with Gasteiger partial charge in [-0.3, -0.25) is 4.79 Å². The standard InChI is InChI=1S/C17H16FNO3/c1-2-12-7-9-13(10-8-12)17(21)22-11-16(20)19-15-6-4-3-5-14(15)18/h3-10H,2,11H2,1H3,(H,19,20). The summed E-state index contributed by atoms with van der Waals surface area (Å²) in [4.78, 5) is 23.4. The zero-order valence-corrected chi connectivity index (χ0v) is 12.1. The van der Waals surface area contributed by atoms with Gasteiger partial charge in [-0.15, -0.1) is 0 Å². The Hall–Kier alpha value is -2.69. The van der Waals surface area contributed by atoms with E-state index in [0.717, 1.165) is 12.0 Å². The number of carbonyl (C=O) groups is 2. The Labute approximate surface area is 127 Å². The van der Waals surface area contributed by atoms with Crippen LogP contribution >= 0.6 is 0 Å². The lowest BCUT2D eigenvalue weighted by Gasteiger charge is -2.07. The average molecular weight is 301 g/mol. The van der Waals surface area contributed by atoms with Gasteiger partial charge in [-0.05, 0) is 36.2 Å². The van der Waals surface area contributed by atoms with Crippen LogP contribution in [0.2, 0.25) is 0 Å². The highest BCUT2D eigenvalue weighted by molar-refractivity contribution is 5.95. The first kappa shape index (κ1) is 15.7. The van der Waals surface area contributed by atoms with Crippen LogP contribution in [0.5, 0.6) is 0 Å². The molecule has 114 valence electrons. The number of para-hydroxylation sites is 1. The molecule has 0 aliphatic rings. The van der Waals surface area contributed by atoms with Gasteiger partial charge in [-0.2, -0.15) is 0 Å². The van der Waals surface area contributed by atoms with Crippen molar-refractivity contribution in [3.63, 3.8) is 0 Å². The Morgan fingerprint density at radius 3 is 2.41 bits per heavy atom. The highest BCUT2D eigenvalue weighted by Gasteiger charge is 2.11. The molecular weight excluding hydrogens is 285 g/mol. The Kier molecular flexibility index (Phi) is 5.25. The fourth-order valence-electron chi connectivity index (χ4n) is 1.84. The van der Waals surface area contributed by atoms with Crippen molar-refractivity contribution in [1.29, 1.82) is 0 Å². The van der Waals surface area contributed by atoms with Gasteiger partial charge in [-0.1, -0.05) is 31.2 Å². The van der Waals surface area contributed by atoms with Crippen LogP contribution in [0.1, 0.15) is 22.8 Å². The fourth-order valence-corrected chi connectivity index (χ4v) is 1.84. The zero-order chi connectivity index (χ0) is 15.9. The van der Waals surface area contributed by atoms with E-state index >= 15 is 0 Å². The van der Waals surface area contributed by atoms with Gasteiger partial charge >= 0.3 is 5.97 Å². The van der Waals surface area contributed by atoms with Crippen molar-refractivity contribution in [1.82, 2.24) is 0 Å². The Morgan fingerprint density at radius 1 is 1.09 bits per heavy atom. The van der Waals surface area contributed by atoms with Crippen LogP contribution in [0.3, 0.4) is 0 Å². The Bertz CT molecular complexity index is 668. The summed E-state index contributed by atoms with van der Waals surface area (Å²) in [7, 11) is 0. The van der Waals surface area contributed by atoms with Crippen molar-refractivity contribution in [3.8, 4) is 0 Å². The topological polar surface area (TPSA) is 55.4 Å². The molecule has 4 nitrogen and oxygen atoms in total. The number of halogens is 1. The van der Waals surface area contributed by atoms with E-state index in [0.29, 0.717) is 5.56 Å². The summed E-state index contributed by atoms with van der Waals surface area (Å²) in [5.74, 6) is -1.73. The van der Waals surface area contributed by atoms with Crippen LogP contribution in [0.4, 0.5) is 10.1 Å². The molecule has 0 aliphatic heterocycles. The molecule has 0 unspecified atom stereocenters. The van der Waals surface area contributed by atoms with Crippen LogP contribution in [0.15, 0.2) is 48.5 Å². The number of hydrogen-bond acceptors (Lipinski definition) is 3. The molecule has 1 N–H and O–H groups in total. The fraction of sp³-hybridized carbons (Fsp3) is 0.176. The number of anilines is 1. The molecular formula is C17H16FNO3. The Balaban J connectivity index is 1.87. The quantitative estimate of drug-likeness (QED) is 0.863. The van der Waals surface area contributed by atoms with Crippen molar-refractivity contribution in [2.24, 2.45) is 0 Å². The summed E-state index contributed by atoms with van der Waals surface area (Å²) in [6, 6.07) is 12.7. The van der Waals surface area contributed by atoms with Crippen LogP contribution in [-0.4, -0.2) is 18.5 Å². The summed E-state index contributed by atoms with van der Waals surface area (Å²) in [5, 5.41) is 2.34. The van der Waals surface area contributed by atoms with Crippen molar-refractivity contribution < 1.29 is 18.7 Å². The second kappa shape index (κ2) is 7.36. The summed E-state index contributed by atoms with van der Waals surface area (Å²) < 4.78 is 18.3. The first-order valence-corrected chi connectivity index (χ1v) is 6.90. The molecule has 0 aromatic heterocycles. The molecule has 22 heavy (non-hydrogen) atoms. The van der Waals surface area contributed by atoms with Crippen LogP contribution in [0, 0.1) is 5.82 Å². The third-order valence-corrected chi connectivity index (χ3v) is 3.08. The second-order valence-electron chi connectivity index (χ2n) is 4.65. The number of hydrogen-bond donors (Lipinski definition) is 1. The molecule has 2 aromatic rings. The third kappa shape index (κ3) is 4.15. The largest absolute Gasteiger partial charge is 0.452 e. The van der Waals surface area contributed by atoms with Crippen LogP contribution in [-0.2, 0) is 16.0 Å². The molecule has 0 heterocycles. The number of esters is 1. The van der Waals surface area contributed by atoms with Crippen molar-refractivity contribution in [2.45, 2.75) is 13.3 Å². The maximum atomic E-state index is 13.4. The maximum Gasteiger partial charge on any atom is 0.338 e. The summed E-state index contributed by atoms with van der Waals surface area (Å²) in [6.07, 6.45) is 0.875. The van der Waals surface area contributed by atoms with E-state index in [4.69, 9.17) is 4.74 Å². The molecule has 0 aliphatic carbocycles. The van der Waals surface area contributed by atoms with Crippen molar-refractivity contribution >= 4 is 17.6 Å². The van der Waals surface area contributed by atoms with Gasteiger partial charge in [0.15, 0.2) is 6.61 Å². The predicted octanol–water partition coefficient (Wildman–Crippen LogP) is 3.18. The summed E-state index contributed by atoms with van der Waals surface area (Å²) in [5.41, 5.74) is 1.53. The molecule has 0 atom stereocenters. The normalized spacial score (nSPS) is 10.1. The minimum atomic E-state index is -0.594. The van der Waals surface area contributed by atoms with Gasteiger partial charge in [0.25, 0.3) is 5.91 Å². The van der Waals surface area contributed by atoms with E-state index in [-0.39, 0.29) is 5.69 Å². The molecule has 1 amide bonds. The lowest BCUT2D eigenvalue weighted by molar-refractivity contribution is -0.119. The highest BCUT2D eigenvalue weighted by atomic mass is 19.1. The molecule has 0 fully saturated rings. The van der Waals surface area contributed by atoms with E-state index in [2.05, 4.69) is 5.32 Å². The van der Waals surface area contributed by atoms with E-state index < -0.39 is 24.3 Å². The number of benzene rings is 2. The maximum absolute atomic E-state index is 13.4. The van der Waals surface area contributed by atoms with Gasteiger partial charge in [-0.25, -0.2) is 9.18 Å². The molecule has 0 spiro atoms. The third-order valence-electron chi connectivity index (χ3n) is 3.08. The summed E-state index contributed by atoms with van der Waals surface area (Å²) in [6.45, 7) is 1.54. The van der Waals surface area contributed by atoms with Crippen molar-refractivity contribution in [3.05, 3.63) is 65.5 Å². The first-order valence-electron chi connectivity index (χ1n) is 6.90. The number of rotatable bonds is 5. The highest BCUT2D eigenvalue weighted by Crippen LogP contribution is 2.12. The number of nitrogens with one attached hydrogen (secondary N) is 1. The average Bonchev–Trinajstić information content (AvgIpc) is 2.55. The van der Waals surface area contributed by atoms with E-state index in [9.17, 15) is 14.0 Å². The lowest BCUT2D eigenvalue weighted by atomic mass is 10.1. The lowest BCUT2D eigenvalue weighted by Crippen LogP contribution is -2.21. The minimum absolute atomic E-state index is 0.0517. The smallest absolute Gasteiger partial charge is 0.338 e. The molecule has 0 bridgehead atoms. The molecule has 2 rings (SSSR count). The van der Waals surface area contributed by atoms with E-state index in [1.54, 1.807) is 18.2 Å². The van der Waals surface area contributed by atoms with Crippen molar-refractivity contribution in [2.75, 3.05) is 11.9 Å². The summed E-state index contributed by atoms with van der Waals surface area (Å²) >= 11 is 0.